The fraction of sp³-hybridized carbons (Fsp3) is 0.816. The number of amides is 1. The highest BCUT2D eigenvalue weighted by molar-refractivity contribution is 5.95. The lowest BCUT2D eigenvalue weighted by Crippen LogP contribution is -2.27. The average molecular weight is 588 g/mol. The SMILES string of the molecule is CCCCCCCCCCCCOc1cc(C(=O)NCCC(C)(C)C)cc(OCCCCCCCCCCCC)c1C. The summed E-state index contributed by atoms with van der Waals surface area (Å²) in [5.41, 5.74) is 1.82. The van der Waals surface area contributed by atoms with Gasteiger partial charge in [0.1, 0.15) is 11.5 Å². The van der Waals surface area contributed by atoms with Crippen LogP contribution in [0.25, 0.3) is 0 Å². The molecule has 1 amide bonds. The highest BCUT2D eigenvalue weighted by atomic mass is 16.5. The van der Waals surface area contributed by atoms with Crippen LogP contribution in [0.4, 0.5) is 0 Å². The zero-order valence-electron chi connectivity index (χ0n) is 28.9. The Bertz CT molecular complexity index is 751. The summed E-state index contributed by atoms with van der Waals surface area (Å²) in [4.78, 5) is 13.0. The maximum atomic E-state index is 13.0. The van der Waals surface area contributed by atoms with E-state index in [-0.39, 0.29) is 11.3 Å². The van der Waals surface area contributed by atoms with Crippen molar-refractivity contribution in [3.05, 3.63) is 23.3 Å². The van der Waals surface area contributed by atoms with Crippen LogP contribution < -0.4 is 14.8 Å². The van der Waals surface area contributed by atoms with E-state index in [1.807, 2.05) is 12.1 Å². The van der Waals surface area contributed by atoms with Crippen LogP contribution in [0.3, 0.4) is 0 Å². The molecule has 0 saturated carbocycles. The maximum Gasteiger partial charge on any atom is 0.251 e. The normalized spacial score (nSPS) is 11.6. The first kappa shape index (κ1) is 38.3. The van der Waals surface area contributed by atoms with Crippen LogP contribution in [0.1, 0.15) is 185 Å². The summed E-state index contributed by atoms with van der Waals surface area (Å²) in [5.74, 6) is 1.52. The Balaban J connectivity index is 2.54. The molecule has 0 aromatic heterocycles. The summed E-state index contributed by atoms with van der Waals surface area (Å²) in [7, 11) is 0. The second-order valence-electron chi connectivity index (χ2n) is 13.7. The molecule has 0 aliphatic carbocycles. The monoisotopic (exact) mass is 588 g/mol. The molecule has 0 spiro atoms. The Morgan fingerprint density at radius 2 is 0.976 bits per heavy atom. The van der Waals surface area contributed by atoms with Crippen LogP contribution in [0.2, 0.25) is 0 Å². The van der Waals surface area contributed by atoms with E-state index in [9.17, 15) is 4.79 Å². The Morgan fingerprint density at radius 3 is 1.33 bits per heavy atom. The molecule has 0 aliphatic heterocycles. The van der Waals surface area contributed by atoms with E-state index in [2.05, 4.69) is 46.9 Å². The fourth-order valence-electron chi connectivity index (χ4n) is 5.29. The molecular formula is C38H69NO3. The molecule has 244 valence electrons. The predicted molar refractivity (Wildman–Crippen MR) is 182 cm³/mol. The summed E-state index contributed by atoms with van der Waals surface area (Å²) >= 11 is 0. The van der Waals surface area contributed by atoms with E-state index in [0.717, 1.165) is 36.3 Å². The molecule has 0 bridgehead atoms. The Kier molecular flexibility index (Phi) is 22.5. The number of carbonyl (C=O) groups is 1. The summed E-state index contributed by atoms with van der Waals surface area (Å²) < 4.78 is 12.5. The topological polar surface area (TPSA) is 47.6 Å². The Hall–Kier alpha value is -1.71. The molecular weight excluding hydrogens is 518 g/mol. The highest BCUT2D eigenvalue weighted by Crippen LogP contribution is 2.31. The number of nitrogens with one attached hydrogen (secondary N) is 1. The molecule has 1 aromatic rings. The molecule has 1 rings (SSSR count). The summed E-state index contributed by atoms with van der Waals surface area (Å²) in [6, 6.07) is 3.82. The van der Waals surface area contributed by atoms with Crippen LogP contribution in [0.15, 0.2) is 12.1 Å². The van der Waals surface area contributed by atoms with Gasteiger partial charge in [-0.2, -0.15) is 0 Å². The largest absolute Gasteiger partial charge is 0.493 e. The van der Waals surface area contributed by atoms with E-state index in [4.69, 9.17) is 9.47 Å². The zero-order chi connectivity index (χ0) is 30.9. The minimum absolute atomic E-state index is 0.0492. The van der Waals surface area contributed by atoms with Crippen LogP contribution >= 0.6 is 0 Å². The van der Waals surface area contributed by atoms with Crippen LogP contribution in [-0.2, 0) is 0 Å². The average Bonchev–Trinajstić information content (AvgIpc) is 2.95. The van der Waals surface area contributed by atoms with Gasteiger partial charge in [0.15, 0.2) is 0 Å². The van der Waals surface area contributed by atoms with Gasteiger partial charge in [-0.25, -0.2) is 0 Å². The molecule has 0 fully saturated rings. The second-order valence-corrected chi connectivity index (χ2v) is 13.7. The minimum atomic E-state index is -0.0492. The van der Waals surface area contributed by atoms with E-state index in [0.29, 0.717) is 25.3 Å². The zero-order valence-corrected chi connectivity index (χ0v) is 28.9. The quantitative estimate of drug-likeness (QED) is 0.104. The van der Waals surface area contributed by atoms with E-state index < -0.39 is 0 Å². The van der Waals surface area contributed by atoms with Crippen molar-refractivity contribution < 1.29 is 14.3 Å². The van der Waals surface area contributed by atoms with Gasteiger partial charge in [-0.1, -0.05) is 150 Å². The second kappa shape index (κ2) is 24.7. The first-order valence-electron chi connectivity index (χ1n) is 18.0. The van der Waals surface area contributed by atoms with Crippen LogP contribution in [-0.4, -0.2) is 25.7 Å². The first-order valence-corrected chi connectivity index (χ1v) is 18.0. The molecule has 0 aliphatic rings. The molecule has 0 radical (unpaired) electrons. The van der Waals surface area contributed by atoms with Crippen molar-refractivity contribution >= 4 is 5.91 Å². The van der Waals surface area contributed by atoms with Crippen molar-refractivity contribution in [1.82, 2.24) is 5.32 Å². The van der Waals surface area contributed by atoms with Gasteiger partial charge in [0.2, 0.25) is 0 Å². The minimum Gasteiger partial charge on any atom is -0.493 e. The standard InChI is InChI=1S/C38H69NO3/c1-7-9-11-13-15-17-19-21-23-25-29-41-35-31-34(37(40)39-28-27-38(4,5)6)32-36(33(35)3)42-30-26-24-22-20-18-16-14-12-10-8-2/h31-32H,7-30H2,1-6H3,(H,39,40). The first-order chi connectivity index (χ1) is 20.3. The molecule has 42 heavy (non-hydrogen) atoms. The van der Waals surface area contributed by atoms with E-state index in [1.165, 1.54) is 116 Å². The number of rotatable bonds is 27. The van der Waals surface area contributed by atoms with Crippen molar-refractivity contribution in [2.45, 2.75) is 176 Å². The predicted octanol–water partition coefficient (Wildman–Crippen LogP) is 11.8. The third kappa shape index (κ3) is 20.2. The van der Waals surface area contributed by atoms with Gasteiger partial charge in [0, 0.05) is 17.7 Å². The number of hydrogen-bond donors (Lipinski definition) is 1. The molecule has 4 heteroatoms. The maximum absolute atomic E-state index is 13.0. The smallest absolute Gasteiger partial charge is 0.251 e. The lowest BCUT2D eigenvalue weighted by atomic mass is 9.92. The van der Waals surface area contributed by atoms with Crippen molar-refractivity contribution in [1.29, 1.82) is 0 Å². The molecule has 0 atom stereocenters. The lowest BCUT2D eigenvalue weighted by molar-refractivity contribution is 0.0948. The van der Waals surface area contributed by atoms with E-state index in [1.54, 1.807) is 0 Å². The Morgan fingerprint density at radius 1 is 0.619 bits per heavy atom. The van der Waals surface area contributed by atoms with Gasteiger partial charge in [-0.3, -0.25) is 4.79 Å². The molecule has 0 heterocycles. The number of benzene rings is 1. The molecule has 1 N–H and O–H groups in total. The van der Waals surface area contributed by atoms with Gasteiger partial charge >= 0.3 is 0 Å². The van der Waals surface area contributed by atoms with E-state index >= 15 is 0 Å². The van der Waals surface area contributed by atoms with Crippen LogP contribution in [0.5, 0.6) is 11.5 Å². The number of unbranched alkanes of at least 4 members (excludes halogenated alkanes) is 18. The van der Waals surface area contributed by atoms with Gasteiger partial charge in [-0.05, 0) is 43.7 Å². The highest BCUT2D eigenvalue weighted by Gasteiger charge is 2.16. The van der Waals surface area contributed by atoms with Crippen LogP contribution in [0, 0.1) is 12.3 Å². The third-order valence-corrected chi connectivity index (χ3v) is 8.25. The summed E-state index contributed by atoms with van der Waals surface area (Å²) in [5, 5.41) is 3.10. The molecule has 4 nitrogen and oxygen atoms in total. The third-order valence-electron chi connectivity index (χ3n) is 8.25. The fourth-order valence-corrected chi connectivity index (χ4v) is 5.29. The Labute approximate surface area is 261 Å². The number of hydrogen-bond acceptors (Lipinski definition) is 3. The number of ether oxygens (including phenoxy) is 2. The lowest BCUT2D eigenvalue weighted by Gasteiger charge is -2.19. The molecule has 1 aromatic carbocycles. The molecule has 0 saturated heterocycles. The van der Waals surface area contributed by atoms with Gasteiger partial charge in [0.05, 0.1) is 13.2 Å². The van der Waals surface area contributed by atoms with Crippen molar-refractivity contribution in [3.8, 4) is 11.5 Å². The molecule has 0 unspecified atom stereocenters. The van der Waals surface area contributed by atoms with Gasteiger partial charge in [-0.15, -0.1) is 0 Å². The van der Waals surface area contributed by atoms with Crippen molar-refractivity contribution in [3.63, 3.8) is 0 Å². The van der Waals surface area contributed by atoms with Crippen molar-refractivity contribution in [2.24, 2.45) is 5.41 Å². The number of carbonyl (C=O) groups excluding carboxylic acids is 1. The van der Waals surface area contributed by atoms with Gasteiger partial charge < -0.3 is 14.8 Å². The van der Waals surface area contributed by atoms with Gasteiger partial charge in [0.25, 0.3) is 5.91 Å². The summed E-state index contributed by atoms with van der Waals surface area (Å²) in [6.45, 7) is 15.2. The summed E-state index contributed by atoms with van der Waals surface area (Å²) in [6.07, 6.45) is 27.1. The van der Waals surface area contributed by atoms with Crippen molar-refractivity contribution in [2.75, 3.05) is 19.8 Å².